The Morgan fingerprint density at radius 1 is 0.923 bits per heavy atom. The van der Waals surface area contributed by atoms with Crippen molar-refractivity contribution in [3.63, 3.8) is 0 Å². The molecule has 3 rings (SSSR count). The first kappa shape index (κ1) is 18.9. The van der Waals surface area contributed by atoms with Gasteiger partial charge in [-0.2, -0.15) is 0 Å². The quantitative estimate of drug-likeness (QED) is 0.855. The van der Waals surface area contributed by atoms with Crippen molar-refractivity contribution in [3.05, 3.63) is 30.3 Å². The Morgan fingerprint density at radius 2 is 1.54 bits per heavy atom. The van der Waals surface area contributed by atoms with Crippen molar-refractivity contribution in [2.75, 3.05) is 11.4 Å². The van der Waals surface area contributed by atoms with Gasteiger partial charge in [0.1, 0.15) is 0 Å². The van der Waals surface area contributed by atoms with Crippen molar-refractivity contribution >= 4 is 17.5 Å². The standard InChI is InChI=1S/C22H32N2O2/c1-2-24(20-11-7-4-8-12-20)22(26)18-15-13-17(14-16-18)21(25)23-19-9-5-3-6-10-19/h4,7-8,11-12,17-19H,2-3,5-6,9-10,13-16H2,1H3,(H,23,25). The zero-order chi connectivity index (χ0) is 18.4. The van der Waals surface area contributed by atoms with Gasteiger partial charge in [-0.25, -0.2) is 0 Å². The molecular weight excluding hydrogens is 324 g/mol. The maximum absolute atomic E-state index is 12.9. The van der Waals surface area contributed by atoms with Gasteiger partial charge < -0.3 is 10.2 Å². The zero-order valence-corrected chi connectivity index (χ0v) is 16.0. The normalized spacial score (nSPS) is 24.0. The summed E-state index contributed by atoms with van der Waals surface area (Å²) in [5, 5.41) is 3.26. The van der Waals surface area contributed by atoms with Crippen LogP contribution in [-0.2, 0) is 9.59 Å². The first-order valence-electron chi connectivity index (χ1n) is 10.4. The Morgan fingerprint density at radius 3 is 2.15 bits per heavy atom. The summed E-state index contributed by atoms with van der Waals surface area (Å²) in [6.07, 6.45) is 9.34. The van der Waals surface area contributed by atoms with Crippen LogP contribution in [0, 0.1) is 11.8 Å². The molecule has 4 heteroatoms. The summed E-state index contributed by atoms with van der Waals surface area (Å²) in [6, 6.07) is 10.3. The minimum absolute atomic E-state index is 0.0499. The van der Waals surface area contributed by atoms with Crippen molar-refractivity contribution in [1.29, 1.82) is 0 Å². The minimum atomic E-state index is 0.0499. The third kappa shape index (κ3) is 4.66. The topological polar surface area (TPSA) is 49.4 Å². The smallest absolute Gasteiger partial charge is 0.230 e. The van der Waals surface area contributed by atoms with Crippen LogP contribution in [0.15, 0.2) is 30.3 Å². The van der Waals surface area contributed by atoms with Crippen molar-refractivity contribution in [2.45, 2.75) is 70.8 Å². The maximum Gasteiger partial charge on any atom is 0.230 e. The summed E-state index contributed by atoms with van der Waals surface area (Å²) in [4.78, 5) is 27.4. The number of nitrogens with zero attached hydrogens (tertiary/aromatic N) is 1. The molecule has 0 bridgehead atoms. The van der Waals surface area contributed by atoms with Gasteiger partial charge in [0, 0.05) is 30.1 Å². The van der Waals surface area contributed by atoms with Gasteiger partial charge in [-0.05, 0) is 57.6 Å². The van der Waals surface area contributed by atoms with Gasteiger partial charge in [0.15, 0.2) is 0 Å². The molecule has 0 saturated heterocycles. The van der Waals surface area contributed by atoms with E-state index >= 15 is 0 Å². The van der Waals surface area contributed by atoms with Gasteiger partial charge >= 0.3 is 0 Å². The lowest BCUT2D eigenvalue weighted by atomic mass is 9.80. The van der Waals surface area contributed by atoms with Gasteiger partial charge in [-0.15, -0.1) is 0 Å². The Balaban J connectivity index is 1.51. The number of hydrogen-bond donors (Lipinski definition) is 1. The van der Waals surface area contributed by atoms with E-state index in [-0.39, 0.29) is 23.7 Å². The monoisotopic (exact) mass is 356 g/mol. The summed E-state index contributed by atoms with van der Waals surface area (Å²) in [7, 11) is 0. The fourth-order valence-electron chi connectivity index (χ4n) is 4.46. The molecule has 2 saturated carbocycles. The van der Waals surface area contributed by atoms with Gasteiger partial charge in [-0.1, -0.05) is 37.5 Å². The first-order valence-corrected chi connectivity index (χ1v) is 10.4. The van der Waals surface area contributed by atoms with Crippen LogP contribution >= 0.6 is 0 Å². The van der Waals surface area contributed by atoms with Crippen molar-refractivity contribution in [3.8, 4) is 0 Å². The second kappa shape index (κ2) is 9.20. The number of nitrogens with one attached hydrogen (secondary N) is 1. The van der Waals surface area contributed by atoms with Crippen LogP contribution < -0.4 is 10.2 Å². The lowest BCUT2D eigenvalue weighted by Gasteiger charge is -2.32. The molecule has 2 aliphatic carbocycles. The molecule has 2 aliphatic rings. The zero-order valence-electron chi connectivity index (χ0n) is 16.0. The molecule has 26 heavy (non-hydrogen) atoms. The van der Waals surface area contributed by atoms with Crippen LogP contribution in [0.4, 0.5) is 5.69 Å². The van der Waals surface area contributed by atoms with Gasteiger partial charge in [0.25, 0.3) is 0 Å². The summed E-state index contributed by atoms with van der Waals surface area (Å²) in [5.74, 6) is 0.574. The molecule has 0 aromatic heterocycles. The van der Waals surface area contributed by atoms with E-state index < -0.39 is 0 Å². The summed E-state index contributed by atoms with van der Waals surface area (Å²) in [6.45, 7) is 2.71. The van der Waals surface area contributed by atoms with E-state index in [1.807, 2.05) is 42.2 Å². The number of anilines is 1. The van der Waals surface area contributed by atoms with E-state index in [2.05, 4.69) is 5.32 Å². The van der Waals surface area contributed by atoms with Gasteiger partial charge in [-0.3, -0.25) is 9.59 Å². The van der Waals surface area contributed by atoms with E-state index in [9.17, 15) is 9.59 Å². The number of para-hydroxylation sites is 1. The number of benzene rings is 1. The lowest BCUT2D eigenvalue weighted by molar-refractivity contribution is -0.130. The Hall–Kier alpha value is -1.84. The molecule has 142 valence electrons. The van der Waals surface area contributed by atoms with Gasteiger partial charge in [0.05, 0.1) is 0 Å². The molecule has 0 heterocycles. The van der Waals surface area contributed by atoms with Crippen LogP contribution in [0.25, 0.3) is 0 Å². The van der Waals surface area contributed by atoms with E-state index in [4.69, 9.17) is 0 Å². The highest BCUT2D eigenvalue weighted by Crippen LogP contribution is 2.32. The number of rotatable bonds is 5. The largest absolute Gasteiger partial charge is 0.353 e. The first-order chi connectivity index (χ1) is 12.7. The molecular formula is C22H32N2O2. The third-order valence-corrected chi connectivity index (χ3v) is 6.05. The van der Waals surface area contributed by atoms with E-state index in [0.29, 0.717) is 12.6 Å². The molecule has 1 aromatic rings. The number of carbonyl (C=O) groups excluding carboxylic acids is 2. The molecule has 0 aliphatic heterocycles. The van der Waals surface area contributed by atoms with Crippen LogP contribution in [0.1, 0.15) is 64.7 Å². The highest BCUT2D eigenvalue weighted by Gasteiger charge is 2.33. The maximum atomic E-state index is 12.9. The molecule has 2 amide bonds. The SMILES string of the molecule is CCN(C(=O)C1CCC(C(=O)NC2CCCCC2)CC1)c1ccccc1. The third-order valence-electron chi connectivity index (χ3n) is 6.05. The second-order valence-corrected chi connectivity index (χ2v) is 7.81. The second-order valence-electron chi connectivity index (χ2n) is 7.81. The molecule has 1 aromatic carbocycles. The Bertz CT molecular complexity index is 587. The number of hydrogen-bond acceptors (Lipinski definition) is 2. The summed E-state index contributed by atoms with van der Waals surface area (Å²) in [5.41, 5.74) is 0.970. The molecule has 0 unspecified atom stereocenters. The van der Waals surface area contributed by atoms with Crippen molar-refractivity contribution in [1.82, 2.24) is 5.32 Å². The number of amides is 2. The summed E-state index contributed by atoms with van der Waals surface area (Å²) >= 11 is 0. The van der Waals surface area contributed by atoms with Crippen molar-refractivity contribution < 1.29 is 9.59 Å². The van der Waals surface area contributed by atoms with Crippen LogP contribution in [0.5, 0.6) is 0 Å². The average Bonchev–Trinajstić information content (AvgIpc) is 2.70. The Kier molecular flexibility index (Phi) is 6.70. The van der Waals surface area contributed by atoms with E-state index in [0.717, 1.165) is 44.2 Å². The predicted octanol–water partition coefficient (Wildman–Crippen LogP) is 4.29. The molecule has 4 nitrogen and oxygen atoms in total. The average molecular weight is 357 g/mol. The highest BCUT2D eigenvalue weighted by molar-refractivity contribution is 5.95. The molecule has 0 radical (unpaired) electrons. The molecule has 0 atom stereocenters. The summed E-state index contributed by atoms with van der Waals surface area (Å²) < 4.78 is 0. The van der Waals surface area contributed by atoms with Crippen LogP contribution in [0.2, 0.25) is 0 Å². The minimum Gasteiger partial charge on any atom is -0.353 e. The van der Waals surface area contributed by atoms with Gasteiger partial charge in [0.2, 0.25) is 11.8 Å². The fraction of sp³-hybridized carbons (Fsp3) is 0.636. The number of carbonyl (C=O) groups is 2. The van der Waals surface area contributed by atoms with E-state index in [1.54, 1.807) is 0 Å². The highest BCUT2D eigenvalue weighted by atomic mass is 16.2. The lowest BCUT2D eigenvalue weighted by Crippen LogP contribution is -2.43. The fourth-order valence-corrected chi connectivity index (χ4v) is 4.46. The Labute approximate surface area is 157 Å². The molecule has 2 fully saturated rings. The molecule has 1 N–H and O–H groups in total. The molecule has 0 spiro atoms. The van der Waals surface area contributed by atoms with Crippen LogP contribution in [0.3, 0.4) is 0 Å². The predicted molar refractivity (Wildman–Crippen MR) is 105 cm³/mol. The van der Waals surface area contributed by atoms with Crippen molar-refractivity contribution in [2.24, 2.45) is 11.8 Å². The van der Waals surface area contributed by atoms with E-state index in [1.165, 1.54) is 19.3 Å². The van der Waals surface area contributed by atoms with Crippen LogP contribution in [-0.4, -0.2) is 24.4 Å².